The van der Waals surface area contributed by atoms with Crippen LogP contribution in [0.2, 0.25) is 0 Å². The highest BCUT2D eigenvalue weighted by molar-refractivity contribution is 6.06. The smallest absolute Gasteiger partial charge is 0.325 e. The molecule has 0 bridgehead atoms. The van der Waals surface area contributed by atoms with Crippen LogP contribution in [0.25, 0.3) is 11.1 Å². The highest BCUT2D eigenvalue weighted by Gasteiger charge is 2.44. The average molecular weight is 380 g/mol. The molecule has 0 saturated carbocycles. The fraction of sp³-hybridized carbons (Fsp3) is 0.300. The first-order chi connectivity index (χ1) is 13.2. The number of ether oxygens (including phenoxy) is 1. The van der Waals surface area contributed by atoms with Gasteiger partial charge >= 0.3 is 6.03 Å². The summed E-state index contributed by atoms with van der Waals surface area (Å²) in [7, 11) is 1.49. The zero-order valence-electron chi connectivity index (χ0n) is 16.0. The molecule has 3 amide bonds. The number of H-pyrrole nitrogens is 1. The van der Waals surface area contributed by atoms with Crippen molar-refractivity contribution in [1.82, 2.24) is 15.2 Å². The highest BCUT2D eigenvalue weighted by Crippen LogP contribution is 2.30. The van der Waals surface area contributed by atoms with E-state index in [9.17, 15) is 19.6 Å². The van der Waals surface area contributed by atoms with Crippen LogP contribution in [0.5, 0.6) is 5.75 Å². The van der Waals surface area contributed by atoms with Gasteiger partial charge < -0.3 is 15.0 Å². The molecule has 8 heteroatoms. The number of urea groups is 1. The van der Waals surface area contributed by atoms with E-state index in [1.165, 1.54) is 7.11 Å². The van der Waals surface area contributed by atoms with Gasteiger partial charge in [0.15, 0.2) is 0 Å². The average Bonchev–Trinajstić information content (AvgIpc) is 2.82. The molecular weight excluding hydrogens is 360 g/mol. The molecule has 2 N–H and O–H groups in total. The van der Waals surface area contributed by atoms with Gasteiger partial charge in [-0.2, -0.15) is 5.26 Å². The van der Waals surface area contributed by atoms with Gasteiger partial charge in [-0.1, -0.05) is 6.07 Å². The standard InChI is InChI=1S/C20H20N4O4/c1-11-7-14(15(9-21)17(25)22-11)12-5-6-16(28-4)13(8-12)10-24-18(26)20(2,3)23-19(24)27/h5-8H,10H2,1-4H3,(H,22,25)(H,23,27). The predicted octanol–water partition coefficient (Wildman–Crippen LogP) is 2.06. The number of hydrogen-bond donors (Lipinski definition) is 2. The number of methoxy groups -OCH3 is 1. The predicted molar refractivity (Wildman–Crippen MR) is 102 cm³/mol. The van der Waals surface area contributed by atoms with E-state index >= 15 is 0 Å². The quantitative estimate of drug-likeness (QED) is 0.788. The molecular formula is C20H20N4O4. The summed E-state index contributed by atoms with van der Waals surface area (Å²) in [4.78, 5) is 40.5. The van der Waals surface area contributed by atoms with Crippen LogP contribution in [0.15, 0.2) is 29.1 Å². The summed E-state index contributed by atoms with van der Waals surface area (Å²) < 4.78 is 5.37. The normalized spacial score (nSPS) is 15.3. The highest BCUT2D eigenvalue weighted by atomic mass is 16.5. The van der Waals surface area contributed by atoms with E-state index in [2.05, 4.69) is 10.3 Å². The Morgan fingerprint density at radius 3 is 2.50 bits per heavy atom. The number of pyridine rings is 1. The van der Waals surface area contributed by atoms with Crippen molar-refractivity contribution >= 4 is 11.9 Å². The van der Waals surface area contributed by atoms with Gasteiger partial charge in [0.05, 0.1) is 13.7 Å². The number of rotatable bonds is 4. The molecule has 2 aromatic rings. The molecule has 1 aromatic heterocycles. The van der Waals surface area contributed by atoms with Crippen molar-refractivity contribution in [2.24, 2.45) is 0 Å². The van der Waals surface area contributed by atoms with Crippen LogP contribution in [0.4, 0.5) is 4.79 Å². The van der Waals surface area contributed by atoms with Crippen molar-refractivity contribution in [3.63, 3.8) is 0 Å². The van der Waals surface area contributed by atoms with Gasteiger partial charge in [-0.15, -0.1) is 0 Å². The Morgan fingerprint density at radius 1 is 1.21 bits per heavy atom. The van der Waals surface area contributed by atoms with Gasteiger partial charge in [-0.25, -0.2) is 4.79 Å². The number of aryl methyl sites for hydroxylation is 1. The molecule has 2 heterocycles. The zero-order chi connectivity index (χ0) is 20.6. The monoisotopic (exact) mass is 380 g/mol. The van der Waals surface area contributed by atoms with Crippen molar-refractivity contribution in [1.29, 1.82) is 5.26 Å². The third-order valence-corrected chi connectivity index (χ3v) is 4.64. The maximum atomic E-state index is 12.5. The lowest BCUT2D eigenvalue weighted by atomic mass is 9.98. The van der Waals surface area contributed by atoms with Crippen LogP contribution in [-0.4, -0.2) is 34.5 Å². The van der Waals surface area contributed by atoms with E-state index in [-0.39, 0.29) is 18.0 Å². The Kier molecular flexibility index (Phi) is 4.69. The lowest BCUT2D eigenvalue weighted by molar-refractivity contribution is -0.130. The molecule has 1 aliphatic heterocycles. The Morgan fingerprint density at radius 2 is 1.93 bits per heavy atom. The number of aromatic amines is 1. The number of hydrogen-bond acceptors (Lipinski definition) is 5. The molecule has 0 unspecified atom stereocenters. The van der Waals surface area contributed by atoms with Crippen LogP contribution < -0.4 is 15.6 Å². The SMILES string of the molecule is COc1ccc(-c2cc(C)[nH]c(=O)c2C#N)cc1CN1C(=O)NC(C)(C)C1=O. The lowest BCUT2D eigenvalue weighted by Crippen LogP contribution is -2.40. The number of imide groups is 1. The molecule has 28 heavy (non-hydrogen) atoms. The van der Waals surface area contributed by atoms with E-state index in [1.807, 2.05) is 6.07 Å². The molecule has 0 radical (unpaired) electrons. The van der Waals surface area contributed by atoms with E-state index in [1.54, 1.807) is 45.0 Å². The maximum Gasteiger partial charge on any atom is 0.325 e. The van der Waals surface area contributed by atoms with Crippen molar-refractivity contribution in [2.45, 2.75) is 32.9 Å². The number of nitriles is 1. The summed E-state index contributed by atoms with van der Waals surface area (Å²) in [6.45, 7) is 5.01. The van der Waals surface area contributed by atoms with Gasteiger partial charge in [0.2, 0.25) is 0 Å². The van der Waals surface area contributed by atoms with Gasteiger partial charge in [-0.05, 0) is 44.5 Å². The summed E-state index contributed by atoms with van der Waals surface area (Å²) in [6.07, 6.45) is 0. The van der Waals surface area contributed by atoms with Crippen LogP contribution in [0.1, 0.15) is 30.7 Å². The third kappa shape index (κ3) is 3.22. The first kappa shape index (κ1) is 19.2. The van der Waals surface area contributed by atoms with Crippen LogP contribution in [0, 0.1) is 18.3 Å². The molecule has 0 atom stereocenters. The number of nitrogens with zero attached hydrogens (tertiary/aromatic N) is 2. The minimum Gasteiger partial charge on any atom is -0.496 e. The number of benzene rings is 1. The van der Waals surface area contributed by atoms with Crippen molar-refractivity contribution in [3.05, 3.63) is 51.4 Å². The first-order valence-electron chi connectivity index (χ1n) is 8.63. The fourth-order valence-electron chi connectivity index (χ4n) is 3.23. The summed E-state index contributed by atoms with van der Waals surface area (Å²) in [5.41, 5.74) is 0.858. The number of amides is 3. The third-order valence-electron chi connectivity index (χ3n) is 4.64. The van der Waals surface area contributed by atoms with Gasteiger partial charge in [0, 0.05) is 16.8 Å². The lowest BCUT2D eigenvalue weighted by Gasteiger charge is -2.18. The second kappa shape index (κ2) is 6.85. The van der Waals surface area contributed by atoms with Gasteiger partial charge in [0.25, 0.3) is 11.5 Å². The Hall–Kier alpha value is -3.60. The van der Waals surface area contributed by atoms with E-state index < -0.39 is 17.1 Å². The van der Waals surface area contributed by atoms with Gasteiger partial charge in [0.1, 0.15) is 22.9 Å². The summed E-state index contributed by atoms with van der Waals surface area (Å²) >= 11 is 0. The Balaban J connectivity index is 2.08. The molecule has 1 aromatic carbocycles. The first-order valence-corrected chi connectivity index (χ1v) is 8.63. The minimum atomic E-state index is -0.972. The number of nitrogens with one attached hydrogen (secondary N) is 2. The minimum absolute atomic E-state index is 0.00200. The van der Waals surface area contributed by atoms with Crippen molar-refractivity contribution < 1.29 is 14.3 Å². The largest absolute Gasteiger partial charge is 0.496 e. The van der Waals surface area contributed by atoms with E-state index in [4.69, 9.17) is 4.74 Å². The second-order valence-electron chi connectivity index (χ2n) is 7.16. The number of aromatic nitrogens is 1. The van der Waals surface area contributed by atoms with Gasteiger partial charge in [-0.3, -0.25) is 14.5 Å². The second-order valence-corrected chi connectivity index (χ2v) is 7.16. The number of carbonyl (C=O) groups excluding carboxylic acids is 2. The molecule has 144 valence electrons. The topological polar surface area (TPSA) is 115 Å². The Bertz CT molecular complexity index is 1080. The maximum absolute atomic E-state index is 12.5. The molecule has 1 saturated heterocycles. The van der Waals surface area contributed by atoms with Crippen molar-refractivity contribution in [2.75, 3.05) is 7.11 Å². The molecule has 0 aliphatic carbocycles. The Labute approximate surface area is 161 Å². The summed E-state index contributed by atoms with van der Waals surface area (Å²) in [5, 5.41) is 12.0. The number of carbonyl (C=O) groups is 2. The summed E-state index contributed by atoms with van der Waals surface area (Å²) in [5.74, 6) is 0.156. The van der Waals surface area contributed by atoms with Crippen LogP contribution >= 0.6 is 0 Å². The molecule has 0 spiro atoms. The van der Waals surface area contributed by atoms with Crippen molar-refractivity contribution in [3.8, 4) is 22.9 Å². The van der Waals surface area contributed by atoms with E-state index in [0.29, 0.717) is 28.1 Å². The molecule has 8 nitrogen and oxygen atoms in total. The summed E-state index contributed by atoms with van der Waals surface area (Å²) in [6, 6.07) is 8.30. The van der Waals surface area contributed by atoms with E-state index in [0.717, 1.165) is 4.90 Å². The zero-order valence-corrected chi connectivity index (χ0v) is 16.0. The van der Waals surface area contributed by atoms with Crippen LogP contribution in [0.3, 0.4) is 0 Å². The fourth-order valence-corrected chi connectivity index (χ4v) is 3.23. The molecule has 1 aliphatic rings. The molecule has 3 rings (SSSR count). The van der Waals surface area contributed by atoms with Crippen LogP contribution in [-0.2, 0) is 11.3 Å². The molecule has 1 fully saturated rings.